The Morgan fingerprint density at radius 3 is 3.06 bits per heavy atom. The molecular weight excluding hydrogens is 270 g/mol. The molecule has 18 heavy (non-hydrogen) atoms. The van der Waals surface area contributed by atoms with Gasteiger partial charge in [-0.15, -0.1) is 16.4 Å². The number of aromatic amines is 1. The highest BCUT2D eigenvalue weighted by Crippen LogP contribution is 2.38. The van der Waals surface area contributed by atoms with Gasteiger partial charge in [0.2, 0.25) is 5.16 Å². The lowest BCUT2D eigenvalue weighted by Gasteiger charge is -1.92. The van der Waals surface area contributed by atoms with Crippen LogP contribution in [0.15, 0.2) is 17.3 Å². The normalized spacial score (nSPS) is 14.9. The van der Waals surface area contributed by atoms with Crippen molar-refractivity contribution in [3.63, 3.8) is 0 Å². The Kier molecular flexibility index (Phi) is 3.09. The van der Waals surface area contributed by atoms with Crippen LogP contribution >= 0.6 is 23.1 Å². The lowest BCUT2D eigenvalue weighted by Crippen LogP contribution is -1.89. The molecule has 1 fully saturated rings. The van der Waals surface area contributed by atoms with Crippen LogP contribution in [-0.4, -0.2) is 26.3 Å². The van der Waals surface area contributed by atoms with Crippen LogP contribution in [0.1, 0.15) is 39.1 Å². The van der Waals surface area contributed by atoms with Crippen LogP contribution in [0, 0.1) is 0 Å². The maximum Gasteiger partial charge on any atom is 0.345 e. The molecule has 0 aromatic carbocycles. The topological polar surface area (TPSA) is 78.9 Å². The molecule has 0 bridgehead atoms. The minimum Gasteiger partial charge on any atom is -0.477 e. The van der Waals surface area contributed by atoms with E-state index in [1.807, 2.05) is 6.07 Å². The molecular formula is C11H11N3O2S2. The smallest absolute Gasteiger partial charge is 0.345 e. The number of nitrogens with one attached hydrogen (secondary N) is 1. The summed E-state index contributed by atoms with van der Waals surface area (Å²) in [4.78, 5) is 16.6. The van der Waals surface area contributed by atoms with Crippen molar-refractivity contribution in [2.45, 2.75) is 29.7 Å². The van der Waals surface area contributed by atoms with E-state index in [1.165, 1.54) is 35.9 Å². The number of carboxylic acid groups (broad SMARTS) is 1. The zero-order valence-corrected chi connectivity index (χ0v) is 11.1. The SMILES string of the molecule is O=C(O)c1ccc(CSc2n[nH]c(C3CC3)n2)s1. The summed E-state index contributed by atoms with van der Waals surface area (Å²) in [6.45, 7) is 0. The number of hydrogen-bond acceptors (Lipinski definition) is 5. The Morgan fingerprint density at radius 2 is 2.39 bits per heavy atom. The van der Waals surface area contributed by atoms with Gasteiger partial charge in [0.25, 0.3) is 0 Å². The van der Waals surface area contributed by atoms with Crippen LogP contribution in [0.25, 0.3) is 0 Å². The van der Waals surface area contributed by atoms with Crippen LogP contribution in [-0.2, 0) is 5.75 Å². The van der Waals surface area contributed by atoms with Gasteiger partial charge in [-0.05, 0) is 25.0 Å². The average molecular weight is 281 g/mol. The monoisotopic (exact) mass is 281 g/mol. The van der Waals surface area contributed by atoms with E-state index in [9.17, 15) is 4.79 Å². The molecule has 1 saturated carbocycles. The molecule has 1 aliphatic rings. The van der Waals surface area contributed by atoms with E-state index in [2.05, 4.69) is 15.2 Å². The van der Waals surface area contributed by atoms with Gasteiger partial charge in [-0.1, -0.05) is 11.8 Å². The minimum atomic E-state index is -0.870. The molecule has 0 aliphatic heterocycles. The molecule has 3 rings (SSSR count). The number of nitrogens with zero attached hydrogens (tertiary/aromatic N) is 2. The molecule has 2 aromatic heterocycles. The third-order valence-corrected chi connectivity index (χ3v) is 4.81. The number of carbonyl (C=O) groups is 1. The van der Waals surface area contributed by atoms with E-state index in [1.54, 1.807) is 6.07 Å². The van der Waals surface area contributed by atoms with E-state index in [-0.39, 0.29) is 0 Å². The summed E-state index contributed by atoms with van der Waals surface area (Å²) >= 11 is 2.83. The highest BCUT2D eigenvalue weighted by Gasteiger charge is 2.27. The summed E-state index contributed by atoms with van der Waals surface area (Å²) in [5.41, 5.74) is 0. The summed E-state index contributed by atoms with van der Waals surface area (Å²) in [6.07, 6.45) is 2.40. The molecule has 0 amide bonds. The summed E-state index contributed by atoms with van der Waals surface area (Å²) in [5, 5.41) is 16.7. The van der Waals surface area contributed by atoms with Gasteiger partial charge >= 0.3 is 5.97 Å². The summed E-state index contributed by atoms with van der Waals surface area (Å²) < 4.78 is 0. The van der Waals surface area contributed by atoms with Gasteiger partial charge in [0, 0.05) is 16.5 Å². The Labute approximate surface area is 112 Å². The maximum atomic E-state index is 10.7. The van der Waals surface area contributed by atoms with Gasteiger partial charge in [-0.25, -0.2) is 9.78 Å². The minimum absolute atomic E-state index is 0.374. The number of thiophene rings is 1. The first kappa shape index (κ1) is 11.7. The molecule has 2 heterocycles. The first-order valence-electron chi connectivity index (χ1n) is 5.59. The molecule has 0 spiro atoms. The Morgan fingerprint density at radius 1 is 1.56 bits per heavy atom. The Balaban J connectivity index is 1.60. The molecule has 0 radical (unpaired) electrons. The van der Waals surface area contributed by atoms with Crippen LogP contribution in [0.4, 0.5) is 0 Å². The molecule has 94 valence electrons. The zero-order valence-electron chi connectivity index (χ0n) is 9.42. The van der Waals surface area contributed by atoms with Crippen molar-refractivity contribution in [1.29, 1.82) is 0 Å². The first-order valence-corrected chi connectivity index (χ1v) is 7.39. The van der Waals surface area contributed by atoms with Crippen LogP contribution in [0.2, 0.25) is 0 Å². The summed E-state index contributed by atoms with van der Waals surface area (Å²) in [5.74, 6) is 1.40. The van der Waals surface area contributed by atoms with Crippen LogP contribution in [0.5, 0.6) is 0 Å². The number of aromatic carboxylic acids is 1. The van der Waals surface area contributed by atoms with E-state index >= 15 is 0 Å². The number of hydrogen-bond donors (Lipinski definition) is 2. The van der Waals surface area contributed by atoms with Crippen molar-refractivity contribution in [3.8, 4) is 0 Å². The first-order chi connectivity index (χ1) is 8.72. The largest absolute Gasteiger partial charge is 0.477 e. The number of H-pyrrole nitrogens is 1. The number of thioether (sulfide) groups is 1. The van der Waals surface area contributed by atoms with Gasteiger partial charge in [0.15, 0.2) is 0 Å². The van der Waals surface area contributed by atoms with E-state index in [0.29, 0.717) is 16.5 Å². The molecule has 1 aliphatic carbocycles. The van der Waals surface area contributed by atoms with E-state index in [4.69, 9.17) is 5.11 Å². The summed E-state index contributed by atoms with van der Waals surface area (Å²) in [6, 6.07) is 3.48. The van der Waals surface area contributed by atoms with E-state index in [0.717, 1.165) is 15.9 Å². The second-order valence-corrected chi connectivity index (χ2v) is 6.25. The number of aromatic nitrogens is 3. The molecule has 0 saturated heterocycles. The fourth-order valence-corrected chi connectivity index (χ4v) is 3.26. The second-order valence-electron chi connectivity index (χ2n) is 4.14. The Hall–Kier alpha value is -1.34. The van der Waals surface area contributed by atoms with Crippen molar-refractivity contribution in [2.75, 3.05) is 0 Å². The zero-order chi connectivity index (χ0) is 12.5. The van der Waals surface area contributed by atoms with Gasteiger partial charge < -0.3 is 5.11 Å². The van der Waals surface area contributed by atoms with Crippen molar-refractivity contribution in [2.24, 2.45) is 0 Å². The average Bonchev–Trinajstić information content (AvgIpc) is 2.92. The highest BCUT2D eigenvalue weighted by atomic mass is 32.2. The van der Waals surface area contributed by atoms with Crippen LogP contribution < -0.4 is 0 Å². The predicted octanol–water partition coefficient (Wildman–Crippen LogP) is 2.73. The van der Waals surface area contributed by atoms with Crippen molar-refractivity contribution < 1.29 is 9.90 Å². The lowest BCUT2D eigenvalue weighted by atomic mass is 10.4. The van der Waals surface area contributed by atoms with Gasteiger partial charge in [0.1, 0.15) is 10.7 Å². The number of carboxylic acids is 1. The van der Waals surface area contributed by atoms with E-state index < -0.39 is 5.97 Å². The van der Waals surface area contributed by atoms with Crippen molar-refractivity contribution in [1.82, 2.24) is 15.2 Å². The quantitative estimate of drug-likeness (QED) is 0.824. The summed E-state index contributed by atoms with van der Waals surface area (Å²) in [7, 11) is 0. The molecule has 7 heteroatoms. The fraction of sp³-hybridized carbons (Fsp3) is 0.364. The van der Waals surface area contributed by atoms with Crippen molar-refractivity contribution in [3.05, 3.63) is 27.7 Å². The highest BCUT2D eigenvalue weighted by molar-refractivity contribution is 7.98. The fourth-order valence-electron chi connectivity index (χ4n) is 1.57. The number of rotatable bonds is 5. The van der Waals surface area contributed by atoms with Crippen LogP contribution in [0.3, 0.4) is 0 Å². The molecule has 2 aromatic rings. The molecule has 2 N–H and O–H groups in total. The molecule has 0 atom stereocenters. The van der Waals surface area contributed by atoms with Gasteiger partial charge in [0.05, 0.1) is 0 Å². The van der Waals surface area contributed by atoms with Gasteiger partial charge in [-0.2, -0.15) is 0 Å². The van der Waals surface area contributed by atoms with Gasteiger partial charge in [-0.3, -0.25) is 5.10 Å². The Bertz CT molecular complexity index is 574. The van der Waals surface area contributed by atoms with Crippen molar-refractivity contribution >= 4 is 29.1 Å². The standard InChI is InChI=1S/C11H11N3O2S2/c15-10(16)8-4-3-7(18-8)5-17-11-12-9(13-14-11)6-1-2-6/h3-4,6H,1-2,5H2,(H,15,16)(H,12,13,14). The maximum absolute atomic E-state index is 10.7. The predicted molar refractivity (Wildman–Crippen MR) is 69.2 cm³/mol. The third kappa shape index (κ3) is 2.56. The third-order valence-electron chi connectivity index (χ3n) is 2.66. The molecule has 0 unspecified atom stereocenters. The lowest BCUT2D eigenvalue weighted by molar-refractivity contribution is 0.0702. The molecule has 5 nitrogen and oxygen atoms in total. The second kappa shape index (κ2) is 4.74.